The molecule has 2 heterocycles. The fraction of sp³-hybridized carbons (Fsp3) is 0.450. The molecule has 0 N–H and O–H groups in total. The zero-order valence-corrected chi connectivity index (χ0v) is 16.6. The topological polar surface area (TPSA) is 67.2 Å². The van der Waals surface area contributed by atoms with Crippen LogP contribution in [0.3, 0.4) is 0 Å². The monoisotopic (exact) mass is 389 g/mol. The van der Waals surface area contributed by atoms with Crippen molar-refractivity contribution in [3.8, 4) is 16.5 Å². The maximum Gasteiger partial charge on any atom is 0.153 e. The molecule has 0 bridgehead atoms. The predicted octanol–water partition coefficient (Wildman–Crippen LogP) is 4.23. The van der Waals surface area contributed by atoms with Crippen LogP contribution in [0.1, 0.15) is 36.6 Å². The number of thiophene rings is 1. The molecule has 3 rings (SSSR count). The molecular weight excluding hydrogens is 366 g/mol. The second-order valence-electron chi connectivity index (χ2n) is 7.01. The minimum absolute atomic E-state index is 0.00562. The fourth-order valence-electron chi connectivity index (χ4n) is 3.34. The Kier molecular flexibility index (Phi) is 5.81. The van der Waals surface area contributed by atoms with Gasteiger partial charge in [-0.3, -0.25) is 0 Å². The van der Waals surface area contributed by atoms with Gasteiger partial charge in [0.25, 0.3) is 0 Å². The minimum atomic E-state index is -3.10. The summed E-state index contributed by atoms with van der Waals surface area (Å²) in [6, 6.07) is 14.3. The molecular formula is C20H23NO3S2. The van der Waals surface area contributed by atoms with Crippen molar-refractivity contribution in [3.63, 3.8) is 0 Å². The van der Waals surface area contributed by atoms with Crippen molar-refractivity contribution in [1.29, 1.82) is 5.26 Å². The van der Waals surface area contributed by atoms with Crippen molar-refractivity contribution in [2.75, 3.05) is 19.0 Å². The van der Waals surface area contributed by atoms with E-state index in [-0.39, 0.29) is 22.8 Å². The molecule has 2 atom stereocenters. The number of hydrogen-bond acceptors (Lipinski definition) is 5. The zero-order chi connectivity index (χ0) is 18.7. The van der Waals surface area contributed by atoms with Crippen molar-refractivity contribution in [2.45, 2.75) is 31.4 Å². The lowest BCUT2D eigenvalue weighted by atomic mass is 9.83. The Morgan fingerprint density at radius 3 is 2.58 bits per heavy atom. The first kappa shape index (κ1) is 19.1. The molecule has 1 fully saturated rings. The van der Waals surface area contributed by atoms with Gasteiger partial charge >= 0.3 is 0 Å². The van der Waals surface area contributed by atoms with E-state index in [4.69, 9.17) is 10.00 Å². The van der Waals surface area contributed by atoms with Crippen LogP contribution >= 0.6 is 11.3 Å². The molecule has 6 heteroatoms. The third kappa shape index (κ3) is 4.17. The largest absolute Gasteiger partial charge is 0.381 e. The summed E-state index contributed by atoms with van der Waals surface area (Å²) >= 11 is 1.48. The van der Waals surface area contributed by atoms with Gasteiger partial charge in [-0.15, -0.1) is 11.3 Å². The van der Waals surface area contributed by atoms with E-state index in [1.807, 2.05) is 12.1 Å². The first-order valence-electron chi connectivity index (χ1n) is 8.80. The molecule has 1 saturated heterocycles. The molecule has 1 aliphatic heterocycles. The van der Waals surface area contributed by atoms with Gasteiger partial charge in [-0.05, 0) is 49.4 Å². The summed E-state index contributed by atoms with van der Waals surface area (Å²) in [5.74, 6) is 0.367. The highest BCUT2D eigenvalue weighted by molar-refractivity contribution is 7.91. The Labute approximate surface area is 159 Å². The fourth-order valence-corrected chi connectivity index (χ4v) is 5.46. The molecule has 1 aromatic heterocycles. The molecule has 4 nitrogen and oxygen atoms in total. The SMILES string of the molecule is CC(C)S(=O)(=O)C[C@@H]1COCC[C@H]1c1ccc(-c2ccc(C#N)s2)cc1. The van der Waals surface area contributed by atoms with Crippen molar-refractivity contribution >= 4 is 21.2 Å². The second kappa shape index (κ2) is 7.91. The van der Waals surface area contributed by atoms with Crippen LogP contribution in [0.2, 0.25) is 0 Å². The summed E-state index contributed by atoms with van der Waals surface area (Å²) < 4.78 is 30.3. The van der Waals surface area contributed by atoms with Crippen LogP contribution in [0.25, 0.3) is 10.4 Å². The van der Waals surface area contributed by atoms with Gasteiger partial charge in [0.15, 0.2) is 9.84 Å². The van der Waals surface area contributed by atoms with Crippen LogP contribution in [-0.4, -0.2) is 32.6 Å². The summed E-state index contributed by atoms with van der Waals surface area (Å²) in [6.07, 6.45) is 0.842. The molecule has 2 aromatic rings. The Hall–Kier alpha value is -1.68. The van der Waals surface area contributed by atoms with E-state index < -0.39 is 9.84 Å². The summed E-state index contributed by atoms with van der Waals surface area (Å²) in [5, 5.41) is 8.61. The van der Waals surface area contributed by atoms with E-state index in [2.05, 4.69) is 30.3 Å². The first-order chi connectivity index (χ1) is 12.4. The van der Waals surface area contributed by atoms with Gasteiger partial charge in [-0.25, -0.2) is 8.42 Å². The van der Waals surface area contributed by atoms with Crippen molar-refractivity contribution in [2.24, 2.45) is 5.92 Å². The molecule has 0 radical (unpaired) electrons. The third-order valence-corrected chi connectivity index (χ3v) is 8.35. The number of benzene rings is 1. The first-order valence-corrected chi connectivity index (χ1v) is 11.3. The molecule has 1 aromatic carbocycles. The van der Waals surface area contributed by atoms with Gasteiger partial charge in [0.1, 0.15) is 10.9 Å². The van der Waals surface area contributed by atoms with Crippen LogP contribution in [0.4, 0.5) is 0 Å². The van der Waals surface area contributed by atoms with E-state index in [1.54, 1.807) is 13.8 Å². The molecule has 138 valence electrons. The van der Waals surface area contributed by atoms with Gasteiger partial charge in [0.05, 0.1) is 17.6 Å². The highest BCUT2D eigenvalue weighted by Gasteiger charge is 2.32. The molecule has 1 aliphatic rings. The Morgan fingerprint density at radius 2 is 1.96 bits per heavy atom. The highest BCUT2D eigenvalue weighted by Crippen LogP contribution is 2.35. The lowest BCUT2D eigenvalue weighted by Crippen LogP contribution is -2.34. The van der Waals surface area contributed by atoms with Crippen LogP contribution in [0, 0.1) is 17.2 Å². The molecule has 0 saturated carbocycles. The second-order valence-corrected chi connectivity index (χ2v) is 10.7. The van der Waals surface area contributed by atoms with Crippen molar-refractivity contribution in [3.05, 3.63) is 46.8 Å². The average molecular weight is 390 g/mol. The maximum absolute atomic E-state index is 12.4. The third-order valence-electron chi connectivity index (χ3n) is 4.98. The number of rotatable bonds is 5. The highest BCUT2D eigenvalue weighted by atomic mass is 32.2. The van der Waals surface area contributed by atoms with E-state index in [9.17, 15) is 8.42 Å². The summed E-state index contributed by atoms with van der Waals surface area (Å²) in [7, 11) is -3.10. The average Bonchev–Trinajstić information content (AvgIpc) is 3.11. The Balaban J connectivity index is 1.81. The number of hydrogen-bond donors (Lipinski definition) is 0. The lowest BCUT2D eigenvalue weighted by molar-refractivity contribution is 0.0483. The summed E-state index contributed by atoms with van der Waals surface area (Å²) in [6.45, 7) is 4.63. The molecule has 0 unspecified atom stereocenters. The number of nitrogens with zero attached hydrogens (tertiary/aromatic N) is 1. The summed E-state index contributed by atoms with van der Waals surface area (Å²) in [5.41, 5.74) is 2.25. The number of sulfone groups is 1. The quantitative estimate of drug-likeness (QED) is 0.767. The van der Waals surface area contributed by atoms with Crippen molar-refractivity contribution < 1.29 is 13.2 Å². The Bertz CT molecular complexity index is 892. The van der Waals surface area contributed by atoms with Gasteiger partial charge in [0, 0.05) is 17.4 Å². The number of ether oxygens (including phenoxy) is 1. The van der Waals surface area contributed by atoms with Gasteiger partial charge < -0.3 is 4.74 Å². The van der Waals surface area contributed by atoms with E-state index in [0.717, 1.165) is 22.4 Å². The lowest BCUT2D eigenvalue weighted by Gasteiger charge is -2.32. The molecule has 26 heavy (non-hydrogen) atoms. The normalized spacial score (nSPS) is 20.8. The van der Waals surface area contributed by atoms with E-state index in [0.29, 0.717) is 18.1 Å². The van der Waals surface area contributed by atoms with Crippen LogP contribution in [0.5, 0.6) is 0 Å². The predicted molar refractivity (Wildman–Crippen MR) is 105 cm³/mol. The molecule has 0 aliphatic carbocycles. The maximum atomic E-state index is 12.4. The van der Waals surface area contributed by atoms with Crippen molar-refractivity contribution in [1.82, 2.24) is 0 Å². The molecule has 0 spiro atoms. The van der Waals surface area contributed by atoms with Crippen LogP contribution < -0.4 is 0 Å². The summed E-state index contributed by atoms with van der Waals surface area (Å²) in [4.78, 5) is 1.77. The minimum Gasteiger partial charge on any atom is -0.381 e. The Morgan fingerprint density at radius 1 is 1.23 bits per heavy atom. The number of nitriles is 1. The molecule has 0 amide bonds. The van der Waals surface area contributed by atoms with Gasteiger partial charge in [0.2, 0.25) is 0 Å². The van der Waals surface area contributed by atoms with Gasteiger partial charge in [-0.2, -0.15) is 5.26 Å². The van der Waals surface area contributed by atoms with E-state index in [1.165, 1.54) is 11.3 Å². The smallest absolute Gasteiger partial charge is 0.153 e. The van der Waals surface area contributed by atoms with Crippen LogP contribution in [0.15, 0.2) is 36.4 Å². The zero-order valence-electron chi connectivity index (χ0n) is 15.0. The standard InChI is InChI=1S/C20H23NO3S2/c1-14(2)26(22,23)13-17-12-24-10-9-19(17)15-3-5-16(6-4-15)20-8-7-18(11-21)25-20/h3-8,14,17,19H,9-10,12-13H2,1-2H3/t17-,19-/m0/s1. The van der Waals surface area contributed by atoms with Crippen LogP contribution in [-0.2, 0) is 14.6 Å². The van der Waals surface area contributed by atoms with E-state index >= 15 is 0 Å². The van der Waals surface area contributed by atoms with Gasteiger partial charge in [-0.1, -0.05) is 24.3 Å².